The first-order valence-electron chi connectivity index (χ1n) is 8.09. The average molecular weight is 399 g/mol. The standard InChI is InChI=1S/C16H14N7O4P/c1-8-6-22(9(2)18-8)12-4-13-11(3-10(12)5-17)19-16(24)15-21-20-14(23(13)15)7-28(25,26)27/h3-4,6H,7H2,1-2H3,(H,19,24)(H2,25,26,27). The monoisotopic (exact) mass is 399 g/mol. The third-order valence-corrected chi connectivity index (χ3v) is 4.96. The predicted molar refractivity (Wildman–Crippen MR) is 98.2 cm³/mol. The smallest absolute Gasteiger partial charge is 0.324 e. The van der Waals surface area contributed by atoms with Crippen LogP contribution in [0.1, 0.15) is 22.9 Å². The number of nitrogens with one attached hydrogen (secondary N) is 1. The van der Waals surface area contributed by atoms with Crippen LogP contribution in [-0.2, 0) is 10.7 Å². The minimum absolute atomic E-state index is 0.0476. The molecule has 3 aromatic heterocycles. The summed E-state index contributed by atoms with van der Waals surface area (Å²) in [4.78, 5) is 37.9. The van der Waals surface area contributed by atoms with Gasteiger partial charge in [-0.25, -0.2) is 4.98 Å². The number of aryl methyl sites for hydroxylation is 2. The van der Waals surface area contributed by atoms with Crippen LogP contribution in [0.2, 0.25) is 0 Å². The van der Waals surface area contributed by atoms with Crippen molar-refractivity contribution in [3.63, 3.8) is 0 Å². The van der Waals surface area contributed by atoms with Crippen molar-refractivity contribution in [1.82, 2.24) is 29.1 Å². The second kappa shape index (κ2) is 6.10. The Balaban J connectivity index is 2.13. The summed E-state index contributed by atoms with van der Waals surface area (Å²) in [5.74, 6) is 0.613. The Kier molecular flexibility index (Phi) is 3.94. The largest absolute Gasteiger partial charge is 0.333 e. The minimum Gasteiger partial charge on any atom is -0.324 e. The molecule has 3 heterocycles. The summed E-state index contributed by atoms with van der Waals surface area (Å²) in [5.41, 5.74) is 1.62. The number of imidazole rings is 1. The van der Waals surface area contributed by atoms with Crippen LogP contribution in [0.25, 0.3) is 22.4 Å². The number of benzene rings is 1. The molecule has 0 aliphatic rings. The quantitative estimate of drug-likeness (QED) is 0.428. The van der Waals surface area contributed by atoms with E-state index in [2.05, 4.69) is 26.2 Å². The van der Waals surface area contributed by atoms with E-state index in [9.17, 15) is 24.4 Å². The number of hydrogen-bond acceptors (Lipinski definition) is 6. The predicted octanol–water partition coefficient (Wildman–Crippen LogP) is 0.923. The van der Waals surface area contributed by atoms with Gasteiger partial charge in [0.1, 0.15) is 23.9 Å². The highest BCUT2D eigenvalue weighted by molar-refractivity contribution is 7.50. The average Bonchev–Trinajstić information content (AvgIpc) is 3.16. The number of nitrogens with zero attached hydrogens (tertiary/aromatic N) is 6. The minimum atomic E-state index is -4.44. The Hall–Kier alpha value is -3.32. The highest BCUT2D eigenvalue weighted by Gasteiger charge is 2.22. The normalized spacial score (nSPS) is 12.0. The van der Waals surface area contributed by atoms with E-state index in [4.69, 9.17) is 0 Å². The zero-order valence-corrected chi connectivity index (χ0v) is 15.7. The summed E-state index contributed by atoms with van der Waals surface area (Å²) in [6.45, 7) is 3.61. The molecule has 0 saturated heterocycles. The van der Waals surface area contributed by atoms with Crippen LogP contribution in [0, 0.1) is 25.2 Å². The van der Waals surface area contributed by atoms with Gasteiger partial charge in [0.25, 0.3) is 5.56 Å². The summed E-state index contributed by atoms with van der Waals surface area (Å²) in [6, 6.07) is 5.24. The first-order chi connectivity index (χ1) is 13.2. The molecule has 0 spiro atoms. The number of hydrogen-bond donors (Lipinski definition) is 3. The van der Waals surface area contributed by atoms with Gasteiger partial charge in [0, 0.05) is 6.20 Å². The van der Waals surface area contributed by atoms with Gasteiger partial charge < -0.3 is 19.3 Å². The lowest BCUT2D eigenvalue weighted by Crippen LogP contribution is -2.13. The molecule has 11 nitrogen and oxygen atoms in total. The van der Waals surface area contributed by atoms with Gasteiger partial charge in [-0.05, 0) is 26.0 Å². The van der Waals surface area contributed by atoms with Crippen molar-refractivity contribution in [3.8, 4) is 11.8 Å². The molecule has 12 heteroatoms. The molecule has 4 rings (SSSR count). The number of fused-ring (bicyclic) bond motifs is 3. The second-order valence-corrected chi connectivity index (χ2v) is 8.00. The van der Waals surface area contributed by atoms with Crippen molar-refractivity contribution in [3.05, 3.63) is 51.6 Å². The lowest BCUT2D eigenvalue weighted by Gasteiger charge is -2.11. The zero-order valence-electron chi connectivity index (χ0n) is 14.8. The summed E-state index contributed by atoms with van der Waals surface area (Å²) in [7, 11) is -4.44. The molecule has 28 heavy (non-hydrogen) atoms. The van der Waals surface area contributed by atoms with Crippen LogP contribution in [-0.4, -0.2) is 38.9 Å². The van der Waals surface area contributed by atoms with Crippen LogP contribution in [0.3, 0.4) is 0 Å². The summed E-state index contributed by atoms with van der Waals surface area (Å²) in [5, 5.41) is 17.1. The summed E-state index contributed by atoms with van der Waals surface area (Å²) in [6.07, 6.45) is 1.09. The molecule has 0 amide bonds. The Morgan fingerprint density at radius 2 is 2.04 bits per heavy atom. The van der Waals surface area contributed by atoms with Gasteiger partial charge in [0.05, 0.1) is 28.0 Å². The number of rotatable bonds is 3. The molecule has 0 bridgehead atoms. The number of H-pyrrole nitrogens is 1. The Labute approximate surface area is 157 Å². The van der Waals surface area contributed by atoms with Gasteiger partial charge in [-0.1, -0.05) is 0 Å². The van der Waals surface area contributed by atoms with Crippen LogP contribution in [0.15, 0.2) is 23.1 Å². The number of aromatic amines is 1. The van der Waals surface area contributed by atoms with Crippen molar-refractivity contribution < 1.29 is 14.4 Å². The van der Waals surface area contributed by atoms with Gasteiger partial charge >= 0.3 is 7.60 Å². The van der Waals surface area contributed by atoms with E-state index in [0.717, 1.165) is 5.69 Å². The summed E-state index contributed by atoms with van der Waals surface area (Å²) >= 11 is 0. The van der Waals surface area contributed by atoms with E-state index < -0.39 is 19.3 Å². The maximum absolute atomic E-state index is 12.3. The molecule has 0 radical (unpaired) electrons. The lowest BCUT2D eigenvalue weighted by atomic mass is 10.1. The van der Waals surface area contributed by atoms with E-state index in [1.165, 1.54) is 10.5 Å². The van der Waals surface area contributed by atoms with Gasteiger partial charge in [-0.3, -0.25) is 13.8 Å². The van der Waals surface area contributed by atoms with Gasteiger partial charge in [0.15, 0.2) is 0 Å². The molecular weight excluding hydrogens is 385 g/mol. The zero-order chi connectivity index (χ0) is 20.2. The van der Waals surface area contributed by atoms with Crippen LogP contribution in [0.5, 0.6) is 0 Å². The van der Waals surface area contributed by atoms with E-state index in [-0.39, 0.29) is 11.5 Å². The SMILES string of the molecule is Cc1cn(-c2cc3c(cc2C#N)[nH]c(=O)c2nnc(CP(=O)(O)O)n23)c(C)n1. The van der Waals surface area contributed by atoms with Gasteiger partial charge in [-0.2, -0.15) is 5.26 Å². The first kappa shape index (κ1) is 18.1. The summed E-state index contributed by atoms with van der Waals surface area (Å²) < 4.78 is 14.5. The highest BCUT2D eigenvalue weighted by atomic mass is 31.2. The fourth-order valence-corrected chi connectivity index (χ4v) is 3.77. The van der Waals surface area contributed by atoms with E-state index in [1.807, 2.05) is 6.92 Å². The molecule has 1 aromatic carbocycles. The van der Waals surface area contributed by atoms with Crippen molar-refractivity contribution >= 4 is 24.3 Å². The molecule has 0 aliphatic carbocycles. The van der Waals surface area contributed by atoms with Crippen molar-refractivity contribution in [1.29, 1.82) is 5.26 Å². The number of nitriles is 1. The van der Waals surface area contributed by atoms with Crippen molar-refractivity contribution in [2.45, 2.75) is 20.0 Å². The van der Waals surface area contributed by atoms with Gasteiger partial charge in [0.2, 0.25) is 5.65 Å². The molecular formula is C16H14N7O4P. The molecule has 0 fully saturated rings. The van der Waals surface area contributed by atoms with Crippen LogP contribution in [0.4, 0.5) is 0 Å². The van der Waals surface area contributed by atoms with Crippen LogP contribution < -0.4 is 5.56 Å². The lowest BCUT2D eigenvalue weighted by molar-refractivity contribution is 0.370. The second-order valence-electron chi connectivity index (χ2n) is 6.35. The number of aromatic nitrogens is 6. The fraction of sp³-hybridized carbons (Fsp3) is 0.188. The molecule has 0 unspecified atom stereocenters. The maximum atomic E-state index is 12.3. The third kappa shape index (κ3) is 2.90. The van der Waals surface area contributed by atoms with E-state index in [1.54, 1.807) is 23.8 Å². The molecule has 3 N–H and O–H groups in total. The Bertz CT molecular complexity index is 1400. The van der Waals surface area contributed by atoms with Gasteiger partial charge in [-0.15, -0.1) is 10.2 Å². The molecule has 0 atom stereocenters. The third-order valence-electron chi connectivity index (χ3n) is 4.27. The fourth-order valence-electron chi connectivity index (χ4n) is 3.19. The van der Waals surface area contributed by atoms with Crippen LogP contribution >= 0.6 is 7.60 Å². The highest BCUT2D eigenvalue weighted by Crippen LogP contribution is 2.38. The van der Waals surface area contributed by atoms with E-state index >= 15 is 0 Å². The molecule has 0 saturated carbocycles. The van der Waals surface area contributed by atoms with E-state index in [0.29, 0.717) is 28.1 Å². The van der Waals surface area contributed by atoms with Crippen molar-refractivity contribution in [2.75, 3.05) is 0 Å². The molecule has 142 valence electrons. The Morgan fingerprint density at radius 3 is 2.64 bits per heavy atom. The molecule has 4 aromatic rings. The maximum Gasteiger partial charge on any atom is 0.333 e. The van der Waals surface area contributed by atoms with Crippen molar-refractivity contribution in [2.24, 2.45) is 0 Å². The topological polar surface area (TPSA) is 162 Å². The Morgan fingerprint density at radius 1 is 1.29 bits per heavy atom. The molecule has 0 aliphatic heterocycles. The first-order valence-corrected chi connectivity index (χ1v) is 9.89.